The van der Waals surface area contributed by atoms with Crippen LogP contribution in [0.2, 0.25) is 0 Å². The zero-order chi connectivity index (χ0) is 36.7. The lowest BCUT2D eigenvalue weighted by atomic mass is 9.84. The highest BCUT2D eigenvalue weighted by atomic mass is 19.4. The fourth-order valence-electron chi connectivity index (χ4n) is 6.60. The Hall–Kier alpha value is -5.56. The molecule has 0 spiro atoms. The van der Waals surface area contributed by atoms with Gasteiger partial charge in [0.05, 0.1) is 11.1 Å². The number of Topliss-reactive ketones (excluding diaryl/α,β-unsaturated/α-hetero) is 3. The standard InChI is InChI=1S/C38H29F6N3O4/c1-21(48)22-14-16-23(17-15-22)36(51)47-32(34(49)26-9-2-5-11-28(26)37(39,40)41)20-46-31(18-24-19-45-30-13-7-4-8-25(24)30)33(47)35(50)27-10-3-6-12-29(27)38(42,43)44/h2-17,19,31-33,45-46H,18,20H2,1H3. The summed E-state index contributed by atoms with van der Waals surface area (Å²) in [5, 5.41) is 3.78. The molecule has 2 N–H and O–H groups in total. The molecule has 1 saturated heterocycles. The van der Waals surface area contributed by atoms with Crippen LogP contribution in [0.3, 0.4) is 0 Å². The Morgan fingerprint density at radius 1 is 0.706 bits per heavy atom. The van der Waals surface area contributed by atoms with E-state index in [0.29, 0.717) is 17.7 Å². The summed E-state index contributed by atoms with van der Waals surface area (Å²) in [6.07, 6.45) is -8.33. The minimum absolute atomic E-state index is 0.0261. The number of rotatable bonds is 8. The van der Waals surface area contributed by atoms with Gasteiger partial charge in [-0.1, -0.05) is 66.7 Å². The normalized spacial score (nSPS) is 18.1. The molecular formula is C38H29F6N3O4. The van der Waals surface area contributed by atoms with E-state index in [1.807, 2.05) is 0 Å². The highest BCUT2D eigenvalue weighted by molar-refractivity contribution is 6.10. The van der Waals surface area contributed by atoms with Crippen LogP contribution in [0.1, 0.15) is 65.0 Å². The Labute approximate surface area is 287 Å². The second-order valence-electron chi connectivity index (χ2n) is 12.2. The summed E-state index contributed by atoms with van der Waals surface area (Å²) in [6, 6.07) is 15.6. The third kappa shape index (κ3) is 6.93. The number of aromatic nitrogens is 1. The van der Waals surface area contributed by atoms with Crippen molar-refractivity contribution in [2.45, 2.75) is 43.8 Å². The lowest BCUT2D eigenvalue weighted by Gasteiger charge is -2.46. The van der Waals surface area contributed by atoms with Crippen LogP contribution in [-0.2, 0) is 18.8 Å². The molecule has 1 aliphatic rings. The van der Waals surface area contributed by atoms with Crippen LogP contribution in [0, 0.1) is 0 Å². The van der Waals surface area contributed by atoms with Gasteiger partial charge in [0.2, 0.25) is 0 Å². The molecule has 4 aromatic carbocycles. The summed E-state index contributed by atoms with van der Waals surface area (Å²) < 4.78 is 85.4. The van der Waals surface area contributed by atoms with E-state index in [1.165, 1.54) is 43.3 Å². The van der Waals surface area contributed by atoms with Crippen molar-refractivity contribution in [2.75, 3.05) is 6.54 Å². The Bertz CT molecular complexity index is 2140. The number of nitrogens with one attached hydrogen (secondary N) is 2. The van der Waals surface area contributed by atoms with Crippen molar-refractivity contribution in [2.24, 2.45) is 0 Å². The van der Waals surface area contributed by atoms with Gasteiger partial charge in [-0.15, -0.1) is 0 Å². The van der Waals surface area contributed by atoms with Crippen LogP contribution in [-0.4, -0.2) is 57.8 Å². The number of para-hydroxylation sites is 1. The van der Waals surface area contributed by atoms with Gasteiger partial charge in [-0.25, -0.2) is 0 Å². The first-order valence-corrected chi connectivity index (χ1v) is 15.8. The van der Waals surface area contributed by atoms with E-state index in [4.69, 9.17) is 0 Å². The predicted molar refractivity (Wildman–Crippen MR) is 176 cm³/mol. The van der Waals surface area contributed by atoms with E-state index in [2.05, 4.69) is 10.3 Å². The number of ketones is 3. The van der Waals surface area contributed by atoms with Crippen molar-refractivity contribution < 1.29 is 45.5 Å². The molecule has 1 amide bonds. The molecule has 0 saturated carbocycles. The molecule has 1 aromatic heterocycles. The summed E-state index contributed by atoms with van der Waals surface area (Å²) >= 11 is 0. The summed E-state index contributed by atoms with van der Waals surface area (Å²) in [5.41, 5.74) is -2.68. The number of carbonyl (C=O) groups excluding carboxylic acids is 4. The van der Waals surface area contributed by atoms with E-state index >= 15 is 0 Å². The molecule has 7 nitrogen and oxygen atoms in total. The number of H-pyrrole nitrogens is 1. The quantitative estimate of drug-likeness (QED) is 0.128. The monoisotopic (exact) mass is 705 g/mol. The number of aromatic amines is 1. The largest absolute Gasteiger partial charge is 0.417 e. The first kappa shape index (κ1) is 35.3. The van der Waals surface area contributed by atoms with Gasteiger partial charge >= 0.3 is 12.4 Å². The Kier molecular flexibility index (Phi) is 9.43. The van der Waals surface area contributed by atoms with Crippen LogP contribution >= 0.6 is 0 Å². The zero-order valence-electron chi connectivity index (χ0n) is 26.8. The van der Waals surface area contributed by atoms with E-state index in [0.717, 1.165) is 40.1 Å². The number of fused-ring (bicyclic) bond motifs is 1. The lowest BCUT2D eigenvalue weighted by Crippen LogP contribution is -2.69. The second kappa shape index (κ2) is 13.6. The number of nitrogens with zero attached hydrogens (tertiary/aromatic N) is 1. The van der Waals surface area contributed by atoms with Crippen LogP contribution in [0.25, 0.3) is 10.9 Å². The van der Waals surface area contributed by atoms with E-state index in [1.54, 1.807) is 30.5 Å². The van der Waals surface area contributed by atoms with Gasteiger partial charge in [-0.3, -0.25) is 19.2 Å². The number of piperazine rings is 1. The predicted octanol–water partition coefficient (Wildman–Crippen LogP) is 7.57. The number of benzene rings is 4. The van der Waals surface area contributed by atoms with Gasteiger partial charge in [-0.2, -0.15) is 26.3 Å². The Morgan fingerprint density at radius 2 is 1.24 bits per heavy atom. The molecular weight excluding hydrogens is 676 g/mol. The van der Waals surface area contributed by atoms with Gasteiger partial charge < -0.3 is 15.2 Å². The molecule has 3 unspecified atom stereocenters. The molecule has 0 aliphatic carbocycles. The number of amides is 1. The summed E-state index contributed by atoms with van der Waals surface area (Å²) in [4.78, 5) is 59.2. The maximum Gasteiger partial charge on any atom is 0.417 e. The van der Waals surface area contributed by atoms with Gasteiger partial charge in [0.25, 0.3) is 5.91 Å². The molecule has 1 aliphatic heterocycles. The third-order valence-corrected chi connectivity index (χ3v) is 9.04. The second-order valence-corrected chi connectivity index (χ2v) is 12.2. The first-order chi connectivity index (χ1) is 24.2. The molecule has 1 fully saturated rings. The van der Waals surface area contributed by atoms with E-state index in [-0.39, 0.29) is 23.3 Å². The average Bonchev–Trinajstić information content (AvgIpc) is 3.52. The van der Waals surface area contributed by atoms with E-state index < -0.39 is 76.8 Å². The van der Waals surface area contributed by atoms with Gasteiger partial charge in [0.1, 0.15) is 12.1 Å². The van der Waals surface area contributed by atoms with Crippen molar-refractivity contribution in [3.05, 3.63) is 142 Å². The SMILES string of the molecule is CC(=O)c1ccc(C(=O)N2C(C(=O)c3ccccc3C(F)(F)F)CNC(Cc3c[nH]c4ccccc34)C2C(=O)c2ccccc2C(F)(F)F)cc1. The smallest absolute Gasteiger partial charge is 0.361 e. The van der Waals surface area contributed by atoms with Gasteiger partial charge in [0.15, 0.2) is 17.3 Å². The lowest BCUT2D eigenvalue weighted by molar-refractivity contribution is -0.138. The van der Waals surface area contributed by atoms with Crippen LogP contribution in [0.15, 0.2) is 103 Å². The van der Waals surface area contributed by atoms with Crippen LogP contribution < -0.4 is 5.32 Å². The molecule has 13 heteroatoms. The fraction of sp³-hybridized carbons (Fsp3) is 0.211. The molecule has 0 radical (unpaired) electrons. The topological polar surface area (TPSA) is 99.3 Å². The maximum absolute atomic E-state index is 14.6. The Morgan fingerprint density at radius 3 is 1.82 bits per heavy atom. The van der Waals surface area contributed by atoms with Crippen molar-refractivity contribution in [1.82, 2.24) is 15.2 Å². The minimum Gasteiger partial charge on any atom is -0.361 e. The number of hydrogen-bond donors (Lipinski definition) is 2. The van der Waals surface area contributed by atoms with Crippen LogP contribution in [0.5, 0.6) is 0 Å². The molecule has 6 rings (SSSR count). The number of hydrogen-bond acceptors (Lipinski definition) is 5. The third-order valence-electron chi connectivity index (χ3n) is 9.04. The van der Waals surface area contributed by atoms with Crippen molar-refractivity contribution in [3.8, 4) is 0 Å². The number of halogens is 6. The molecule has 51 heavy (non-hydrogen) atoms. The van der Waals surface area contributed by atoms with Gasteiger partial charge in [0, 0.05) is 51.9 Å². The molecule has 0 bridgehead atoms. The highest BCUT2D eigenvalue weighted by Gasteiger charge is 2.49. The number of carbonyl (C=O) groups is 4. The van der Waals surface area contributed by atoms with E-state index in [9.17, 15) is 45.5 Å². The minimum atomic E-state index is -4.99. The fourth-order valence-corrected chi connectivity index (χ4v) is 6.60. The Balaban J connectivity index is 1.55. The molecule has 262 valence electrons. The van der Waals surface area contributed by atoms with Crippen molar-refractivity contribution >= 4 is 34.2 Å². The molecule has 2 heterocycles. The number of alkyl halides is 6. The summed E-state index contributed by atoms with van der Waals surface area (Å²) in [5.74, 6) is -3.67. The summed E-state index contributed by atoms with van der Waals surface area (Å²) in [6.45, 7) is 0.863. The average molecular weight is 706 g/mol. The highest BCUT2D eigenvalue weighted by Crippen LogP contribution is 2.37. The van der Waals surface area contributed by atoms with Gasteiger partial charge in [-0.05, 0) is 49.2 Å². The first-order valence-electron chi connectivity index (χ1n) is 15.8. The zero-order valence-corrected chi connectivity index (χ0v) is 26.8. The van der Waals surface area contributed by atoms with Crippen LogP contribution in [0.4, 0.5) is 26.3 Å². The maximum atomic E-state index is 14.6. The van der Waals surface area contributed by atoms with Crippen molar-refractivity contribution in [1.29, 1.82) is 0 Å². The van der Waals surface area contributed by atoms with Crippen molar-refractivity contribution in [3.63, 3.8) is 0 Å². The molecule has 3 atom stereocenters. The summed E-state index contributed by atoms with van der Waals surface area (Å²) in [7, 11) is 0. The molecule has 5 aromatic rings.